The molecule has 1 atom stereocenters. The number of ether oxygens (including phenoxy) is 1. The van der Waals surface area contributed by atoms with Crippen molar-refractivity contribution in [1.82, 2.24) is 25.1 Å². The van der Waals surface area contributed by atoms with Gasteiger partial charge in [-0.2, -0.15) is 18.4 Å². The van der Waals surface area contributed by atoms with Crippen LogP contribution in [0.5, 0.6) is 5.75 Å². The number of hydrogen-bond donors (Lipinski definition) is 2. The van der Waals surface area contributed by atoms with E-state index >= 15 is 0 Å². The lowest BCUT2D eigenvalue weighted by molar-refractivity contribution is -0.138. The van der Waals surface area contributed by atoms with Gasteiger partial charge in [-0.15, -0.1) is 0 Å². The summed E-state index contributed by atoms with van der Waals surface area (Å²) >= 11 is 5.94. The molecule has 12 heteroatoms. The number of nitriles is 1. The molecule has 0 saturated heterocycles. The van der Waals surface area contributed by atoms with Crippen molar-refractivity contribution in [2.75, 3.05) is 6.54 Å². The molecule has 1 aliphatic rings. The highest BCUT2D eigenvalue weighted by molar-refractivity contribution is 7.80. The number of aromatic nitrogens is 2. The van der Waals surface area contributed by atoms with Crippen LogP contribution in [0.2, 0.25) is 0 Å². The molecular weight excluding hydrogens is 734 g/mol. The number of alkyl halides is 3. The lowest BCUT2D eigenvalue weighted by Gasteiger charge is -2.34. The molecule has 1 fully saturated rings. The monoisotopic (exact) mass is 778 g/mol. The third-order valence-corrected chi connectivity index (χ3v) is 10.3. The highest BCUT2D eigenvalue weighted by Crippen LogP contribution is 2.32. The zero-order valence-corrected chi connectivity index (χ0v) is 31.9. The Hall–Kier alpha value is -5.67. The van der Waals surface area contributed by atoms with E-state index in [1.165, 1.54) is 12.1 Å². The first-order chi connectivity index (χ1) is 27.1. The Morgan fingerprint density at radius 2 is 1.62 bits per heavy atom. The van der Waals surface area contributed by atoms with Gasteiger partial charge in [-0.05, 0) is 84.1 Å². The minimum absolute atomic E-state index is 0.0285. The number of amides is 1. The first kappa shape index (κ1) is 40.0. The second-order valence-corrected chi connectivity index (χ2v) is 14.6. The number of carbonyl (C=O) groups is 1. The molecule has 8 nitrogen and oxygen atoms in total. The third kappa shape index (κ3) is 11.7. The van der Waals surface area contributed by atoms with Crippen LogP contribution in [0.3, 0.4) is 0 Å². The van der Waals surface area contributed by atoms with E-state index in [4.69, 9.17) is 22.2 Å². The minimum atomic E-state index is -4.54. The summed E-state index contributed by atoms with van der Waals surface area (Å²) in [5.74, 6) is 0.429. The predicted octanol–water partition coefficient (Wildman–Crippen LogP) is 8.38. The molecule has 290 valence electrons. The van der Waals surface area contributed by atoms with Gasteiger partial charge in [0.25, 0.3) is 0 Å². The molecule has 0 unspecified atom stereocenters. The smallest absolute Gasteiger partial charge is 0.416 e. The van der Waals surface area contributed by atoms with Gasteiger partial charge in [0.2, 0.25) is 5.91 Å². The van der Waals surface area contributed by atoms with Crippen molar-refractivity contribution in [3.05, 3.63) is 155 Å². The number of benzene rings is 4. The molecule has 0 spiro atoms. The highest BCUT2D eigenvalue weighted by atomic mass is 32.1. The van der Waals surface area contributed by atoms with Gasteiger partial charge in [0.15, 0.2) is 5.11 Å². The van der Waals surface area contributed by atoms with Gasteiger partial charge in [0, 0.05) is 37.6 Å². The summed E-state index contributed by atoms with van der Waals surface area (Å²) in [6, 6.07) is 32.0. The highest BCUT2D eigenvalue weighted by Gasteiger charge is 2.34. The largest absolute Gasteiger partial charge is 0.489 e. The summed E-state index contributed by atoms with van der Waals surface area (Å²) in [5, 5.41) is 16.2. The lowest BCUT2D eigenvalue weighted by atomic mass is 9.96. The average molecular weight is 779 g/mol. The van der Waals surface area contributed by atoms with Crippen LogP contribution >= 0.6 is 12.2 Å². The Bertz CT molecular complexity index is 2080. The van der Waals surface area contributed by atoms with E-state index in [9.17, 15) is 18.0 Å². The van der Waals surface area contributed by atoms with Crippen LogP contribution in [0.15, 0.2) is 116 Å². The first-order valence-corrected chi connectivity index (χ1v) is 19.3. The van der Waals surface area contributed by atoms with E-state index in [-0.39, 0.29) is 37.0 Å². The van der Waals surface area contributed by atoms with Gasteiger partial charge >= 0.3 is 6.18 Å². The zero-order valence-electron chi connectivity index (χ0n) is 31.1. The first-order valence-electron chi connectivity index (χ1n) is 18.9. The van der Waals surface area contributed by atoms with Crippen molar-refractivity contribution in [2.24, 2.45) is 0 Å². The fourth-order valence-electron chi connectivity index (χ4n) is 7.01. The van der Waals surface area contributed by atoms with Crippen molar-refractivity contribution >= 4 is 23.2 Å². The molecule has 1 heterocycles. The summed E-state index contributed by atoms with van der Waals surface area (Å²) in [6.07, 6.45) is 4.31. The Morgan fingerprint density at radius 3 is 2.34 bits per heavy atom. The number of imidazole rings is 1. The van der Waals surface area contributed by atoms with Crippen molar-refractivity contribution < 1.29 is 22.7 Å². The Morgan fingerprint density at radius 1 is 0.929 bits per heavy atom. The summed E-state index contributed by atoms with van der Waals surface area (Å²) in [7, 11) is 0. The Kier molecular flexibility index (Phi) is 13.8. The standard InChI is InChI=1S/C44H45F3N6O2S/c45-44(46,47)41-14-8-7-11-36(41)28-52(43(56)51-37-12-5-2-6-13-37)29-38(23-32-19-21-40(22-20-32)55-30-35-9-3-1-4-10-35)50-42(54)24-39-26-49-31-53(39)27-34-17-15-33(25-48)16-18-34/h1,3-4,7-11,14-22,26,31,37-38H,2,5-6,12-13,23-24,27-30H2,(H,50,54)(H,51,56)/t38-/m0/s1. The molecule has 1 aromatic heterocycles. The number of thiocarbonyl (C=S) groups is 1. The van der Waals surface area contributed by atoms with Gasteiger partial charge in [0.05, 0.1) is 36.0 Å². The van der Waals surface area contributed by atoms with Crippen molar-refractivity contribution in [3.8, 4) is 11.8 Å². The molecule has 0 radical (unpaired) electrons. The molecule has 1 amide bonds. The number of carbonyl (C=O) groups excluding carboxylic acids is 1. The SMILES string of the molecule is N#Cc1ccc(Cn2cncc2CC(=O)N[C@@H](Cc2ccc(OCc3ccccc3)cc2)CN(Cc2ccccc2C(F)(F)F)C(=S)NC2CCCCC2)cc1. The number of halogens is 3. The van der Waals surface area contributed by atoms with Crippen LogP contribution in [0.4, 0.5) is 13.2 Å². The molecule has 0 aliphatic heterocycles. The van der Waals surface area contributed by atoms with Gasteiger partial charge in [0.1, 0.15) is 12.4 Å². The van der Waals surface area contributed by atoms with Gasteiger partial charge in [-0.3, -0.25) is 4.79 Å². The molecule has 56 heavy (non-hydrogen) atoms. The predicted molar refractivity (Wildman–Crippen MR) is 214 cm³/mol. The summed E-state index contributed by atoms with van der Waals surface area (Å²) in [4.78, 5) is 19.9. The molecular formula is C44H45F3N6O2S. The average Bonchev–Trinajstić information content (AvgIpc) is 3.63. The van der Waals surface area contributed by atoms with E-state index in [1.54, 1.807) is 35.6 Å². The molecule has 1 saturated carbocycles. The Balaban J connectivity index is 1.23. The Labute approximate surface area is 331 Å². The topological polar surface area (TPSA) is 95.2 Å². The molecule has 0 bridgehead atoms. The summed E-state index contributed by atoms with van der Waals surface area (Å²) < 4.78 is 50.5. The van der Waals surface area contributed by atoms with Crippen LogP contribution < -0.4 is 15.4 Å². The van der Waals surface area contributed by atoms with Gasteiger partial charge in [-0.25, -0.2) is 4.98 Å². The second-order valence-electron chi connectivity index (χ2n) is 14.2. The molecule has 6 rings (SSSR count). The summed E-state index contributed by atoms with van der Waals surface area (Å²) in [5.41, 5.74) is 3.54. The molecule has 4 aromatic carbocycles. The van der Waals surface area contributed by atoms with E-state index in [0.717, 1.165) is 54.9 Å². The van der Waals surface area contributed by atoms with Crippen LogP contribution in [-0.2, 0) is 43.5 Å². The van der Waals surface area contributed by atoms with Crippen molar-refractivity contribution in [2.45, 2.75) is 82.9 Å². The molecule has 2 N–H and O–H groups in total. The number of rotatable bonds is 15. The van der Waals surface area contributed by atoms with E-state index in [1.807, 2.05) is 71.3 Å². The maximum atomic E-state index is 14.2. The quantitative estimate of drug-likeness (QED) is 0.103. The molecule has 1 aliphatic carbocycles. The minimum Gasteiger partial charge on any atom is -0.489 e. The fourth-order valence-corrected chi connectivity index (χ4v) is 7.31. The second kappa shape index (κ2) is 19.3. The number of nitrogens with zero attached hydrogens (tertiary/aromatic N) is 4. The third-order valence-electron chi connectivity index (χ3n) is 9.94. The number of hydrogen-bond acceptors (Lipinski definition) is 5. The van der Waals surface area contributed by atoms with E-state index in [0.29, 0.717) is 41.7 Å². The maximum Gasteiger partial charge on any atom is 0.416 e. The van der Waals surface area contributed by atoms with E-state index in [2.05, 4.69) is 21.7 Å². The fraction of sp³-hybridized carbons (Fsp3) is 0.318. The van der Waals surface area contributed by atoms with Crippen molar-refractivity contribution in [3.63, 3.8) is 0 Å². The van der Waals surface area contributed by atoms with Crippen LogP contribution in [-0.4, -0.2) is 44.1 Å². The van der Waals surface area contributed by atoms with Crippen LogP contribution in [0.1, 0.15) is 71.2 Å². The van der Waals surface area contributed by atoms with Gasteiger partial charge in [-0.1, -0.05) is 92.1 Å². The molecule has 5 aromatic rings. The number of nitrogens with one attached hydrogen (secondary N) is 2. The normalized spacial score (nSPS) is 13.7. The van der Waals surface area contributed by atoms with Crippen LogP contribution in [0, 0.1) is 11.3 Å². The lowest BCUT2D eigenvalue weighted by Crippen LogP contribution is -2.51. The van der Waals surface area contributed by atoms with Gasteiger partial charge < -0.3 is 24.8 Å². The van der Waals surface area contributed by atoms with E-state index < -0.39 is 17.8 Å². The maximum absolute atomic E-state index is 14.2. The zero-order chi connectivity index (χ0) is 39.3. The van der Waals surface area contributed by atoms with Crippen molar-refractivity contribution in [1.29, 1.82) is 5.26 Å². The van der Waals surface area contributed by atoms with Crippen LogP contribution in [0.25, 0.3) is 0 Å². The summed E-state index contributed by atoms with van der Waals surface area (Å²) in [6.45, 7) is 0.946.